The lowest BCUT2D eigenvalue weighted by atomic mass is 10.0. The van der Waals surface area contributed by atoms with Crippen LogP contribution in [0.4, 0.5) is 17.6 Å². The molecule has 32 heavy (non-hydrogen) atoms. The van der Waals surface area contributed by atoms with Gasteiger partial charge >= 0.3 is 6.18 Å². The van der Waals surface area contributed by atoms with Crippen LogP contribution in [0.2, 0.25) is 0 Å². The molecule has 0 aromatic heterocycles. The number of nitrogens with zero attached hydrogens (tertiary/aromatic N) is 1. The number of alkyl halides is 3. The molecule has 3 rings (SSSR count). The minimum atomic E-state index is -4.42. The fourth-order valence-electron chi connectivity index (χ4n) is 3.82. The predicted molar refractivity (Wildman–Crippen MR) is 111 cm³/mol. The van der Waals surface area contributed by atoms with E-state index in [1.807, 2.05) is 0 Å². The molecule has 1 fully saturated rings. The van der Waals surface area contributed by atoms with Crippen LogP contribution >= 0.6 is 0 Å². The second kappa shape index (κ2) is 10.1. The molecule has 3 N–H and O–H groups in total. The number of benzene rings is 2. The molecule has 1 aliphatic heterocycles. The molecule has 5 nitrogen and oxygen atoms in total. The van der Waals surface area contributed by atoms with Gasteiger partial charge in [0.2, 0.25) is 11.8 Å². The molecule has 1 heterocycles. The zero-order valence-corrected chi connectivity index (χ0v) is 17.4. The highest BCUT2D eigenvalue weighted by Crippen LogP contribution is 2.29. The van der Waals surface area contributed by atoms with Crippen LogP contribution in [-0.4, -0.2) is 35.3 Å². The molecule has 2 amide bonds. The molecule has 2 atom stereocenters. The molecule has 0 saturated carbocycles. The molecule has 0 bridgehead atoms. The summed E-state index contributed by atoms with van der Waals surface area (Å²) < 4.78 is 51.8. The Morgan fingerprint density at radius 1 is 1.12 bits per heavy atom. The van der Waals surface area contributed by atoms with Crippen molar-refractivity contribution in [1.29, 1.82) is 0 Å². The van der Waals surface area contributed by atoms with Crippen LogP contribution in [0.25, 0.3) is 0 Å². The average Bonchev–Trinajstić information content (AvgIpc) is 3.23. The topological polar surface area (TPSA) is 75.4 Å². The van der Waals surface area contributed by atoms with Gasteiger partial charge in [0.1, 0.15) is 11.9 Å². The Kier molecular flexibility index (Phi) is 7.50. The van der Waals surface area contributed by atoms with Crippen LogP contribution < -0.4 is 11.1 Å². The van der Waals surface area contributed by atoms with Gasteiger partial charge in [-0.15, -0.1) is 0 Å². The Balaban J connectivity index is 1.53. The molecule has 2 aromatic carbocycles. The first-order valence-electron chi connectivity index (χ1n) is 10.4. The third kappa shape index (κ3) is 6.06. The molecular formula is C23H25F4N3O2. The van der Waals surface area contributed by atoms with Gasteiger partial charge in [-0.25, -0.2) is 4.39 Å². The summed E-state index contributed by atoms with van der Waals surface area (Å²) >= 11 is 0. The summed E-state index contributed by atoms with van der Waals surface area (Å²) in [7, 11) is 0. The monoisotopic (exact) mass is 451 g/mol. The van der Waals surface area contributed by atoms with E-state index in [9.17, 15) is 27.2 Å². The molecule has 2 aromatic rings. The van der Waals surface area contributed by atoms with Crippen LogP contribution in [-0.2, 0) is 28.7 Å². The highest BCUT2D eigenvalue weighted by atomic mass is 19.4. The molecule has 0 aliphatic carbocycles. The SMILES string of the molecule is N[C@@H](CC(=O)N1CCC[C@H]1C(=O)NCc1ccc(C(F)(F)F)cc1)Cc1ccccc1F. The smallest absolute Gasteiger partial charge is 0.350 e. The van der Waals surface area contributed by atoms with Gasteiger partial charge in [-0.05, 0) is 48.6 Å². The zero-order valence-electron chi connectivity index (χ0n) is 17.4. The standard InChI is InChI=1S/C23H25F4N3O2/c24-19-5-2-1-4-16(19)12-18(28)13-21(31)30-11-3-6-20(30)22(32)29-14-15-7-9-17(10-8-15)23(25,26)27/h1-2,4-5,7-10,18,20H,3,6,11-14,28H2,(H,29,32)/t18-,20+/m1/s1. The quantitative estimate of drug-likeness (QED) is 0.634. The second-order valence-electron chi connectivity index (χ2n) is 7.92. The maximum atomic E-state index is 13.8. The van der Waals surface area contributed by atoms with Crippen LogP contribution in [0.3, 0.4) is 0 Å². The first-order valence-corrected chi connectivity index (χ1v) is 10.4. The van der Waals surface area contributed by atoms with Crippen LogP contribution in [0.5, 0.6) is 0 Å². The summed E-state index contributed by atoms with van der Waals surface area (Å²) in [6.45, 7) is 0.478. The van der Waals surface area contributed by atoms with Crippen LogP contribution in [0.15, 0.2) is 48.5 Å². The van der Waals surface area contributed by atoms with Crippen molar-refractivity contribution >= 4 is 11.8 Å². The maximum Gasteiger partial charge on any atom is 0.416 e. The van der Waals surface area contributed by atoms with E-state index in [-0.39, 0.29) is 37.0 Å². The minimum Gasteiger partial charge on any atom is -0.350 e. The Morgan fingerprint density at radius 2 is 1.81 bits per heavy atom. The van der Waals surface area contributed by atoms with Crippen molar-refractivity contribution in [3.8, 4) is 0 Å². The molecule has 1 saturated heterocycles. The van der Waals surface area contributed by atoms with Crippen molar-refractivity contribution in [3.63, 3.8) is 0 Å². The van der Waals surface area contributed by atoms with E-state index in [1.165, 1.54) is 23.1 Å². The van der Waals surface area contributed by atoms with Crippen LogP contribution in [0.1, 0.15) is 36.0 Å². The minimum absolute atomic E-state index is 0.0168. The summed E-state index contributed by atoms with van der Waals surface area (Å²) in [5.41, 5.74) is 6.24. The first kappa shape index (κ1) is 23.7. The van der Waals surface area contributed by atoms with E-state index in [1.54, 1.807) is 18.2 Å². The highest BCUT2D eigenvalue weighted by molar-refractivity contribution is 5.88. The third-order valence-corrected chi connectivity index (χ3v) is 5.50. The number of nitrogens with two attached hydrogens (primary N) is 1. The Hall–Kier alpha value is -2.94. The summed E-state index contributed by atoms with van der Waals surface area (Å²) in [5.74, 6) is -1.02. The Bertz CT molecular complexity index is 947. The van der Waals surface area contributed by atoms with Gasteiger partial charge in [0, 0.05) is 25.6 Å². The van der Waals surface area contributed by atoms with Crippen molar-refractivity contribution in [1.82, 2.24) is 10.2 Å². The highest BCUT2D eigenvalue weighted by Gasteiger charge is 2.34. The van der Waals surface area contributed by atoms with Crippen molar-refractivity contribution in [2.75, 3.05) is 6.54 Å². The summed E-state index contributed by atoms with van der Waals surface area (Å²) in [4.78, 5) is 26.8. The molecular weight excluding hydrogens is 426 g/mol. The van der Waals surface area contributed by atoms with E-state index in [0.29, 0.717) is 30.5 Å². The van der Waals surface area contributed by atoms with Gasteiger partial charge < -0.3 is 16.0 Å². The average molecular weight is 451 g/mol. The van der Waals surface area contributed by atoms with Crippen molar-refractivity contribution < 1.29 is 27.2 Å². The molecule has 9 heteroatoms. The van der Waals surface area contributed by atoms with Crippen molar-refractivity contribution in [2.45, 2.75) is 50.5 Å². The summed E-state index contributed by atoms with van der Waals surface area (Å²) in [6.07, 6.45) is -3.08. The van der Waals surface area contributed by atoms with Gasteiger partial charge in [-0.3, -0.25) is 9.59 Å². The zero-order chi connectivity index (χ0) is 23.3. The fraction of sp³-hybridized carbons (Fsp3) is 0.391. The molecule has 0 unspecified atom stereocenters. The van der Waals surface area contributed by atoms with Gasteiger partial charge in [0.05, 0.1) is 5.56 Å². The number of carbonyl (C=O) groups is 2. The van der Waals surface area contributed by atoms with Gasteiger partial charge in [0.15, 0.2) is 0 Å². The van der Waals surface area contributed by atoms with E-state index < -0.39 is 23.8 Å². The lowest BCUT2D eigenvalue weighted by Crippen LogP contribution is -2.47. The van der Waals surface area contributed by atoms with E-state index in [2.05, 4.69) is 5.32 Å². The lowest BCUT2D eigenvalue weighted by molar-refractivity contribution is -0.138. The number of hydrogen-bond acceptors (Lipinski definition) is 3. The van der Waals surface area contributed by atoms with Gasteiger partial charge in [-0.1, -0.05) is 30.3 Å². The fourth-order valence-corrected chi connectivity index (χ4v) is 3.82. The van der Waals surface area contributed by atoms with Gasteiger partial charge in [-0.2, -0.15) is 13.2 Å². The number of carbonyl (C=O) groups excluding carboxylic acids is 2. The number of hydrogen-bond donors (Lipinski definition) is 2. The van der Waals surface area contributed by atoms with E-state index in [0.717, 1.165) is 12.1 Å². The third-order valence-electron chi connectivity index (χ3n) is 5.50. The predicted octanol–water partition coefficient (Wildman–Crippen LogP) is 3.41. The number of likely N-dealkylation sites (tertiary alicyclic amines) is 1. The van der Waals surface area contributed by atoms with E-state index in [4.69, 9.17) is 5.73 Å². The maximum absolute atomic E-state index is 13.8. The lowest BCUT2D eigenvalue weighted by Gasteiger charge is -2.25. The molecule has 0 radical (unpaired) electrons. The molecule has 172 valence electrons. The van der Waals surface area contributed by atoms with E-state index >= 15 is 0 Å². The largest absolute Gasteiger partial charge is 0.416 e. The van der Waals surface area contributed by atoms with Crippen molar-refractivity contribution in [3.05, 3.63) is 71.0 Å². The summed E-state index contributed by atoms with van der Waals surface area (Å²) in [5, 5.41) is 2.69. The summed E-state index contributed by atoms with van der Waals surface area (Å²) in [6, 6.07) is 9.53. The number of rotatable bonds is 7. The number of amides is 2. The number of halogens is 4. The first-order chi connectivity index (χ1) is 15.1. The Morgan fingerprint density at radius 3 is 2.47 bits per heavy atom. The molecule has 0 spiro atoms. The van der Waals surface area contributed by atoms with Gasteiger partial charge in [0.25, 0.3) is 0 Å². The number of nitrogens with one attached hydrogen (secondary N) is 1. The normalized spacial score (nSPS) is 17.3. The second-order valence-corrected chi connectivity index (χ2v) is 7.92. The Labute approximate surface area is 183 Å². The van der Waals surface area contributed by atoms with Crippen molar-refractivity contribution in [2.24, 2.45) is 5.73 Å². The van der Waals surface area contributed by atoms with Crippen LogP contribution in [0, 0.1) is 5.82 Å². The molecule has 1 aliphatic rings.